The molecule has 0 radical (unpaired) electrons. The van der Waals surface area contributed by atoms with Gasteiger partial charge in [-0.1, -0.05) is 0 Å². The molecule has 94 valence electrons. The van der Waals surface area contributed by atoms with Gasteiger partial charge in [0.2, 0.25) is 0 Å². The molecule has 1 aliphatic heterocycles. The second-order valence-corrected chi connectivity index (χ2v) is 3.84. The van der Waals surface area contributed by atoms with Crippen LogP contribution in [0.4, 0.5) is 10.1 Å². The first-order valence-electron chi connectivity index (χ1n) is 5.51. The summed E-state index contributed by atoms with van der Waals surface area (Å²) in [5, 5.41) is 0. The van der Waals surface area contributed by atoms with E-state index in [9.17, 15) is 14.0 Å². The fourth-order valence-electron chi connectivity index (χ4n) is 1.86. The van der Waals surface area contributed by atoms with Crippen LogP contribution in [0.3, 0.4) is 0 Å². The van der Waals surface area contributed by atoms with E-state index in [4.69, 9.17) is 4.74 Å². The second-order valence-electron chi connectivity index (χ2n) is 3.84. The minimum absolute atomic E-state index is 0.158. The molecule has 0 unspecified atom stereocenters. The number of ether oxygens (including phenoxy) is 1. The molecule has 1 aliphatic rings. The molecule has 18 heavy (non-hydrogen) atoms. The minimum atomic E-state index is -0.605. The van der Waals surface area contributed by atoms with Crippen LogP contribution >= 0.6 is 0 Å². The summed E-state index contributed by atoms with van der Waals surface area (Å²) in [6.07, 6.45) is 1.10. The highest BCUT2D eigenvalue weighted by Crippen LogP contribution is 2.35. The maximum Gasteiger partial charge on any atom is 0.331 e. The second kappa shape index (κ2) is 4.60. The summed E-state index contributed by atoms with van der Waals surface area (Å²) >= 11 is 0. The highest BCUT2D eigenvalue weighted by atomic mass is 19.1. The van der Waals surface area contributed by atoms with Gasteiger partial charge >= 0.3 is 5.97 Å². The SMILES string of the molecule is CCOC(=O)/C=C1/C(=O)N(C)c2ccc(F)cc21. The standard InChI is InChI=1S/C13H12FNO3/c1-3-18-12(16)7-10-9-6-8(14)4-5-11(9)15(2)13(10)17/h4-7H,3H2,1-2H3/b10-7+. The number of esters is 1. The first kappa shape index (κ1) is 12.3. The van der Waals surface area contributed by atoms with Crippen LogP contribution in [0.15, 0.2) is 24.3 Å². The van der Waals surface area contributed by atoms with Gasteiger partial charge in [-0.05, 0) is 25.1 Å². The Morgan fingerprint density at radius 1 is 1.50 bits per heavy atom. The lowest BCUT2D eigenvalue weighted by Gasteiger charge is -2.08. The lowest BCUT2D eigenvalue weighted by atomic mass is 10.1. The third-order valence-electron chi connectivity index (χ3n) is 2.69. The van der Waals surface area contributed by atoms with Crippen molar-refractivity contribution in [2.75, 3.05) is 18.6 Å². The van der Waals surface area contributed by atoms with Crippen molar-refractivity contribution >= 4 is 23.1 Å². The number of anilines is 1. The van der Waals surface area contributed by atoms with Crippen LogP contribution in [0.2, 0.25) is 0 Å². The first-order valence-corrected chi connectivity index (χ1v) is 5.51. The Morgan fingerprint density at radius 2 is 2.22 bits per heavy atom. The van der Waals surface area contributed by atoms with Gasteiger partial charge in [0, 0.05) is 18.7 Å². The van der Waals surface area contributed by atoms with E-state index in [1.165, 1.54) is 23.1 Å². The molecule has 0 atom stereocenters. The van der Waals surface area contributed by atoms with Gasteiger partial charge < -0.3 is 9.64 Å². The molecule has 0 fully saturated rings. The lowest BCUT2D eigenvalue weighted by Crippen LogP contribution is -2.20. The highest BCUT2D eigenvalue weighted by Gasteiger charge is 2.30. The third-order valence-corrected chi connectivity index (χ3v) is 2.69. The van der Waals surface area contributed by atoms with Crippen molar-refractivity contribution in [2.24, 2.45) is 0 Å². The molecule has 1 aromatic carbocycles. The summed E-state index contributed by atoms with van der Waals surface area (Å²) in [4.78, 5) is 24.7. The van der Waals surface area contributed by atoms with Gasteiger partial charge in [-0.25, -0.2) is 9.18 Å². The maximum atomic E-state index is 13.2. The Kier molecular flexibility index (Phi) is 3.14. The molecule has 0 aliphatic carbocycles. The number of likely N-dealkylation sites (N-methyl/N-ethyl adjacent to an activating group) is 1. The Bertz CT molecular complexity index is 551. The molecule has 1 aromatic rings. The van der Waals surface area contributed by atoms with E-state index >= 15 is 0 Å². The van der Waals surface area contributed by atoms with Crippen molar-refractivity contribution in [3.05, 3.63) is 35.7 Å². The molecule has 0 spiro atoms. The van der Waals surface area contributed by atoms with Gasteiger partial charge in [0.15, 0.2) is 0 Å². The van der Waals surface area contributed by atoms with Crippen molar-refractivity contribution in [3.8, 4) is 0 Å². The molecule has 1 heterocycles. The number of nitrogens with zero attached hydrogens (tertiary/aromatic N) is 1. The van der Waals surface area contributed by atoms with Gasteiger partial charge in [0.25, 0.3) is 5.91 Å². The molecule has 0 saturated heterocycles. The Morgan fingerprint density at radius 3 is 2.89 bits per heavy atom. The van der Waals surface area contributed by atoms with E-state index in [1.54, 1.807) is 14.0 Å². The van der Waals surface area contributed by atoms with Gasteiger partial charge in [0.1, 0.15) is 5.82 Å². The average Bonchev–Trinajstić information content (AvgIpc) is 2.55. The van der Waals surface area contributed by atoms with Gasteiger partial charge in [-0.15, -0.1) is 0 Å². The number of amides is 1. The summed E-state index contributed by atoms with van der Waals surface area (Å²) in [7, 11) is 1.57. The fraction of sp³-hybridized carbons (Fsp3) is 0.231. The van der Waals surface area contributed by atoms with Crippen LogP contribution in [0.5, 0.6) is 0 Å². The zero-order valence-electron chi connectivity index (χ0n) is 10.1. The van der Waals surface area contributed by atoms with Gasteiger partial charge in [-0.2, -0.15) is 0 Å². The van der Waals surface area contributed by atoms with Gasteiger partial charge in [-0.3, -0.25) is 4.79 Å². The van der Waals surface area contributed by atoms with E-state index in [0.717, 1.165) is 6.08 Å². The number of carbonyl (C=O) groups is 2. The number of carbonyl (C=O) groups excluding carboxylic acids is 2. The Balaban J connectivity index is 2.48. The van der Waals surface area contributed by atoms with Crippen LogP contribution in [0, 0.1) is 5.82 Å². The number of fused-ring (bicyclic) bond motifs is 1. The van der Waals surface area contributed by atoms with Crippen molar-refractivity contribution in [3.63, 3.8) is 0 Å². The summed E-state index contributed by atoms with van der Waals surface area (Å²) in [5.74, 6) is -1.40. The molecule has 0 saturated carbocycles. The number of halogens is 1. The molecule has 0 bridgehead atoms. The van der Waals surface area contributed by atoms with Crippen LogP contribution in [0.25, 0.3) is 5.57 Å². The maximum absolute atomic E-state index is 13.2. The van der Waals surface area contributed by atoms with Crippen LogP contribution < -0.4 is 4.90 Å². The van der Waals surface area contributed by atoms with Crippen molar-refractivity contribution in [1.29, 1.82) is 0 Å². The molecule has 2 rings (SSSR count). The first-order chi connectivity index (χ1) is 8.54. The smallest absolute Gasteiger partial charge is 0.331 e. The van der Waals surface area contributed by atoms with Crippen LogP contribution in [-0.4, -0.2) is 25.5 Å². The van der Waals surface area contributed by atoms with Crippen molar-refractivity contribution < 1.29 is 18.7 Å². The Hall–Kier alpha value is -2.17. The molecular formula is C13H12FNO3. The van der Waals surface area contributed by atoms with Crippen LogP contribution in [-0.2, 0) is 14.3 Å². The van der Waals surface area contributed by atoms with Crippen molar-refractivity contribution in [1.82, 2.24) is 0 Å². The highest BCUT2D eigenvalue weighted by molar-refractivity contribution is 6.34. The van der Waals surface area contributed by atoms with E-state index in [1.807, 2.05) is 0 Å². The molecule has 4 nitrogen and oxygen atoms in total. The normalized spacial score (nSPS) is 16.1. The molecule has 0 N–H and O–H groups in total. The monoisotopic (exact) mass is 249 g/mol. The molecule has 1 amide bonds. The van der Waals surface area contributed by atoms with Crippen molar-refractivity contribution in [2.45, 2.75) is 6.92 Å². The van der Waals surface area contributed by atoms with E-state index in [2.05, 4.69) is 0 Å². The predicted molar refractivity (Wildman–Crippen MR) is 64.4 cm³/mol. The quantitative estimate of drug-likeness (QED) is 0.592. The molecule has 0 aromatic heterocycles. The zero-order valence-corrected chi connectivity index (χ0v) is 10.1. The Labute approximate surface area is 104 Å². The number of hydrogen-bond acceptors (Lipinski definition) is 3. The summed E-state index contributed by atoms with van der Waals surface area (Å²) < 4.78 is 18.0. The third kappa shape index (κ3) is 1.99. The van der Waals surface area contributed by atoms with Crippen LogP contribution in [0.1, 0.15) is 12.5 Å². The predicted octanol–water partition coefficient (Wildman–Crippen LogP) is 1.75. The summed E-state index contributed by atoms with van der Waals surface area (Å²) in [6.45, 7) is 1.90. The minimum Gasteiger partial charge on any atom is -0.463 e. The average molecular weight is 249 g/mol. The number of benzene rings is 1. The number of hydrogen-bond donors (Lipinski definition) is 0. The number of rotatable bonds is 2. The van der Waals surface area contributed by atoms with E-state index in [-0.39, 0.29) is 18.1 Å². The molecule has 5 heteroatoms. The molecular weight excluding hydrogens is 237 g/mol. The lowest BCUT2D eigenvalue weighted by molar-refractivity contribution is -0.137. The topological polar surface area (TPSA) is 46.6 Å². The summed E-state index contributed by atoms with van der Waals surface area (Å²) in [5.41, 5.74) is 1.15. The van der Waals surface area contributed by atoms with Gasteiger partial charge in [0.05, 0.1) is 17.9 Å². The van der Waals surface area contributed by atoms with E-state index in [0.29, 0.717) is 11.3 Å². The zero-order chi connectivity index (χ0) is 13.3. The summed E-state index contributed by atoms with van der Waals surface area (Å²) in [6, 6.07) is 4.02. The largest absolute Gasteiger partial charge is 0.463 e. The van der Waals surface area contributed by atoms with E-state index < -0.39 is 11.8 Å². The fourth-order valence-corrected chi connectivity index (χ4v) is 1.86.